The number of hydrogen-bond donors (Lipinski definition) is 1. The van der Waals surface area contributed by atoms with Gasteiger partial charge < -0.3 is 5.73 Å². The number of benzene rings is 1. The molecule has 1 heterocycles. The van der Waals surface area contributed by atoms with Crippen LogP contribution < -0.4 is 5.73 Å². The minimum atomic E-state index is -0.496. The summed E-state index contributed by atoms with van der Waals surface area (Å²) in [4.78, 5) is 14.7. The molecule has 2 rings (SSSR count). The Morgan fingerprint density at radius 1 is 1.29 bits per heavy atom. The van der Waals surface area contributed by atoms with Gasteiger partial charge in [-0.05, 0) is 13.0 Å². The van der Waals surface area contributed by atoms with Crippen LogP contribution in [0.4, 0.5) is 11.4 Å². The summed E-state index contributed by atoms with van der Waals surface area (Å²) in [6.45, 7) is 1.76. The quantitative estimate of drug-likeness (QED) is 0.633. The van der Waals surface area contributed by atoms with Gasteiger partial charge in [-0.25, -0.2) is 4.98 Å². The number of nitrogen functional groups attached to an aromatic ring is 1. The molecule has 0 amide bonds. The summed E-state index contributed by atoms with van der Waals surface area (Å²) < 4.78 is 0. The number of nitrogens with zero attached hydrogens (tertiary/aromatic N) is 2. The molecule has 0 radical (unpaired) electrons. The first-order valence-corrected chi connectivity index (χ1v) is 5.06. The molecule has 0 saturated heterocycles. The third-order valence-corrected chi connectivity index (χ3v) is 2.38. The maximum absolute atomic E-state index is 11.0. The third-order valence-electron chi connectivity index (χ3n) is 2.38. The van der Waals surface area contributed by atoms with Crippen molar-refractivity contribution in [3.63, 3.8) is 0 Å². The second kappa shape index (κ2) is 4.21. The van der Waals surface area contributed by atoms with E-state index in [1.54, 1.807) is 31.2 Å². The summed E-state index contributed by atoms with van der Waals surface area (Å²) >= 11 is 0. The van der Waals surface area contributed by atoms with Crippen molar-refractivity contribution in [2.24, 2.45) is 0 Å². The highest BCUT2D eigenvalue weighted by atomic mass is 16.6. The van der Waals surface area contributed by atoms with Crippen molar-refractivity contribution in [2.45, 2.75) is 6.92 Å². The second-order valence-electron chi connectivity index (χ2n) is 3.67. The number of nitrogens with two attached hydrogens (primary N) is 1. The molecule has 1 aromatic carbocycles. The zero-order chi connectivity index (χ0) is 12.4. The smallest absolute Gasteiger partial charge is 0.318 e. The van der Waals surface area contributed by atoms with Gasteiger partial charge in [0.05, 0.1) is 4.92 Å². The van der Waals surface area contributed by atoms with E-state index in [1.165, 1.54) is 6.07 Å². The van der Waals surface area contributed by atoms with Gasteiger partial charge in [0, 0.05) is 11.3 Å². The molecule has 0 unspecified atom stereocenters. The normalized spacial score (nSPS) is 10.2. The first-order valence-electron chi connectivity index (χ1n) is 5.06. The molecule has 2 aromatic rings. The Kier molecular flexibility index (Phi) is 2.74. The highest BCUT2D eigenvalue weighted by Crippen LogP contribution is 2.33. The van der Waals surface area contributed by atoms with Crippen LogP contribution in [0.5, 0.6) is 0 Å². The molecule has 0 aliphatic carbocycles. The number of rotatable bonds is 2. The largest absolute Gasteiger partial charge is 0.393 e. The molecular formula is C12H11N3O2. The number of pyridine rings is 1. The molecule has 0 aliphatic heterocycles. The van der Waals surface area contributed by atoms with Crippen molar-refractivity contribution in [3.05, 3.63) is 52.2 Å². The molecule has 0 saturated carbocycles. The number of anilines is 1. The summed E-state index contributed by atoms with van der Waals surface area (Å²) in [7, 11) is 0. The average Bonchev–Trinajstić information content (AvgIpc) is 2.28. The van der Waals surface area contributed by atoms with Gasteiger partial charge in [-0.3, -0.25) is 10.1 Å². The maximum atomic E-state index is 11.0. The topological polar surface area (TPSA) is 82.0 Å². The minimum absolute atomic E-state index is 0.137. The summed E-state index contributed by atoms with van der Waals surface area (Å²) in [5.74, 6) is 0. The van der Waals surface area contributed by atoms with Gasteiger partial charge in [-0.1, -0.05) is 30.3 Å². The fourth-order valence-electron chi connectivity index (χ4n) is 1.68. The lowest BCUT2D eigenvalue weighted by molar-refractivity contribution is -0.383. The summed E-state index contributed by atoms with van der Waals surface area (Å²) in [5, 5.41) is 11.0. The van der Waals surface area contributed by atoms with Crippen LogP contribution in [0.15, 0.2) is 36.4 Å². The maximum Gasteiger partial charge on any atom is 0.318 e. The van der Waals surface area contributed by atoms with Crippen molar-refractivity contribution < 1.29 is 4.92 Å². The van der Waals surface area contributed by atoms with E-state index in [1.807, 2.05) is 6.07 Å². The van der Waals surface area contributed by atoms with Gasteiger partial charge in [0.15, 0.2) is 5.69 Å². The third kappa shape index (κ3) is 2.08. The zero-order valence-electron chi connectivity index (χ0n) is 9.25. The predicted molar refractivity (Wildman–Crippen MR) is 65.5 cm³/mol. The number of hydrogen-bond acceptors (Lipinski definition) is 4. The lowest BCUT2D eigenvalue weighted by Gasteiger charge is -2.06. The van der Waals surface area contributed by atoms with Gasteiger partial charge in [-0.2, -0.15) is 0 Å². The van der Waals surface area contributed by atoms with Crippen molar-refractivity contribution in [1.29, 1.82) is 0 Å². The zero-order valence-corrected chi connectivity index (χ0v) is 9.25. The predicted octanol–water partition coefficient (Wildman–Crippen LogP) is 2.55. The van der Waals surface area contributed by atoms with Crippen molar-refractivity contribution in [3.8, 4) is 11.3 Å². The highest BCUT2D eigenvalue weighted by Gasteiger charge is 2.21. The molecule has 0 atom stereocenters. The van der Waals surface area contributed by atoms with Crippen LogP contribution in [0, 0.1) is 17.0 Å². The van der Waals surface area contributed by atoms with Crippen molar-refractivity contribution in [2.75, 3.05) is 5.73 Å². The number of aryl methyl sites for hydroxylation is 1. The van der Waals surface area contributed by atoms with Gasteiger partial charge in [0.25, 0.3) is 0 Å². The highest BCUT2D eigenvalue weighted by molar-refractivity contribution is 5.78. The molecular weight excluding hydrogens is 218 g/mol. The molecule has 0 aliphatic rings. The second-order valence-corrected chi connectivity index (χ2v) is 3.67. The van der Waals surface area contributed by atoms with E-state index < -0.39 is 4.92 Å². The number of aromatic nitrogens is 1. The first-order chi connectivity index (χ1) is 8.09. The van der Waals surface area contributed by atoms with Crippen LogP contribution in [0.25, 0.3) is 11.3 Å². The van der Waals surface area contributed by atoms with Crippen LogP contribution >= 0.6 is 0 Å². The van der Waals surface area contributed by atoms with Gasteiger partial charge in [-0.15, -0.1) is 0 Å². The van der Waals surface area contributed by atoms with E-state index >= 15 is 0 Å². The molecule has 0 fully saturated rings. The van der Waals surface area contributed by atoms with E-state index in [0.29, 0.717) is 17.0 Å². The summed E-state index contributed by atoms with van der Waals surface area (Å²) in [6, 6.07) is 10.5. The Labute approximate surface area is 98.1 Å². The minimum Gasteiger partial charge on any atom is -0.393 e. The van der Waals surface area contributed by atoms with E-state index in [4.69, 9.17) is 5.73 Å². The standard InChI is InChI=1S/C12H11N3O2/c1-8-7-10(13)12(15(16)17)11(14-8)9-5-3-2-4-6-9/h2-7H,1H3,(H2,13,14). The molecule has 0 bridgehead atoms. The molecule has 1 aromatic heterocycles. The van der Waals surface area contributed by atoms with E-state index in [0.717, 1.165) is 0 Å². The Morgan fingerprint density at radius 2 is 1.94 bits per heavy atom. The Bertz CT molecular complexity index is 567. The van der Waals surface area contributed by atoms with E-state index in [-0.39, 0.29) is 11.4 Å². The summed E-state index contributed by atoms with van der Waals surface area (Å²) in [6.07, 6.45) is 0. The average molecular weight is 229 g/mol. The lowest BCUT2D eigenvalue weighted by Crippen LogP contribution is -2.01. The summed E-state index contributed by atoms with van der Waals surface area (Å²) in [5.41, 5.74) is 7.34. The fraction of sp³-hybridized carbons (Fsp3) is 0.0833. The Balaban J connectivity index is 2.72. The van der Waals surface area contributed by atoms with Gasteiger partial charge >= 0.3 is 5.69 Å². The van der Waals surface area contributed by atoms with Crippen LogP contribution in [-0.4, -0.2) is 9.91 Å². The molecule has 17 heavy (non-hydrogen) atoms. The first kappa shape index (κ1) is 11.1. The monoisotopic (exact) mass is 229 g/mol. The molecule has 5 heteroatoms. The van der Waals surface area contributed by atoms with E-state index in [9.17, 15) is 10.1 Å². The van der Waals surface area contributed by atoms with Crippen LogP contribution in [0.3, 0.4) is 0 Å². The van der Waals surface area contributed by atoms with Crippen LogP contribution in [0.2, 0.25) is 0 Å². The molecule has 2 N–H and O–H groups in total. The number of nitro groups is 1. The SMILES string of the molecule is Cc1cc(N)c([N+](=O)[O-])c(-c2ccccc2)n1. The van der Waals surface area contributed by atoms with E-state index in [2.05, 4.69) is 4.98 Å². The van der Waals surface area contributed by atoms with Crippen molar-refractivity contribution in [1.82, 2.24) is 4.98 Å². The van der Waals surface area contributed by atoms with Gasteiger partial charge in [0.1, 0.15) is 5.69 Å². The molecule has 5 nitrogen and oxygen atoms in total. The van der Waals surface area contributed by atoms with Crippen LogP contribution in [0.1, 0.15) is 5.69 Å². The molecule has 0 spiro atoms. The van der Waals surface area contributed by atoms with Crippen LogP contribution in [-0.2, 0) is 0 Å². The Morgan fingerprint density at radius 3 is 2.53 bits per heavy atom. The molecule has 86 valence electrons. The van der Waals surface area contributed by atoms with Gasteiger partial charge in [0.2, 0.25) is 0 Å². The van der Waals surface area contributed by atoms with Crippen molar-refractivity contribution >= 4 is 11.4 Å². The fourth-order valence-corrected chi connectivity index (χ4v) is 1.68. The lowest BCUT2D eigenvalue weighted by atomic mass is 10.1. The Hall–Kier alpha value is -2.43.